The summed E-state index contributed by atoms with van der Waals surface area (Å²) in [4.78, 5) is 23.8. The molecule has 0 bridgehead atoms. The van der Waals surface area contributed by atoms with Gasteiger partial charge >= 0.3 is 5.97 Å². The predicted octanol–water partition coefficient (Wildman–Crippen LogP) is 2.70. The monoisotopic (exact) mass is 419 g/mol. The number of carboxylic acid groups (broad SMARTS) is 1. The van der Waals surface area contributed by atoms with Gasteiger partial charge in [0, 0.05) is 11.3 Å². The van der Waals surface area contributed by atoms with Crippen LogP contribution in [0.25, 0.3) is 0 Å². The van der Waals surface area contributed by atoms with Crippen LogP contribution in [0.2, 0.25) is 0 Å². The molecule has 0 fully saturated rings. The van der Waals surface area contributed by atoms with Crippen LogP contribution >= 0.6 is 0 Å². The largest absolute Gasteiger partial charge is 0.481 e. The highest BCUT2D eigenvalue weighted by Gasteiger charge is 2.34. The van der Waals surface area contributed by atoms with E-state index in [1.807, 2.05) is 0 Å². The molecular weight excluding hydrogens is 398 g/mol. The van der Waals surface area contributed by atoms with Gasteiger partial charge in [-0.2, -0.15) is 0 Å². The molecule has 3 rings (SSSR count). The van der Waals surface area contributed by atoms with E-state index in [1.165, 1.54) is 24.3 Å². The first-order valence-corrected chi connectivity index (χ1v) is 10.4. The number of aliphatic carboxylic acids is 1. The fourth-order valence-electron chi connectivity index (χ4n) is 3.02. The third kappa shape index (κ3) is 4.48. The second kappa shape index (κ2) is 8.08. The molecule has 0 unspecified atom stereocenters. The van der Waals surface area contributed by atoms with E-state index in [0.29, 0.717) is 29.8 Å². The van der Waals surface area contributed by atoms with Crippen molar-refractivity contribution in [1.82, 2.24) is 5.16 Å². The number of amides is 1. The minimum absolute atomic E-state index is 0.0204. The van der Waals surface area contributed by atoms with Crippen molar-refractivity contribution in [3.8, 4) is 0 Å². The number of anilines is 2. The summed E-state index contributed by atoms with van der Waals surface area (Å²) in [5, 5.41) is 15.7. The van der Waals surface area contributed by atoms with Gasteiger partial charge in [0.25, 0.3) is 10.0 Å². The Labute approximate surface area is 167 Å². The molecule has 0 aliphatic heterocycles. The molecule has 10 heteroatoms. The van der Waals surface area contributed by atoms with Crippen molar-refractivity contribution in [2.75, 3.05) is 10.0 Å². The Hall–Kier alpha value is -3.14. The number of carbonyl (C=O) groups is 2. The van der Waals surface area contributed by atoms with Gasteiger partial charge in [-0.3, -0.25) is 9.59 Å². The molecule has 154 valence electrons. The molecule has 9 nitrogen and oxygen atoms in total. The molecule has 0 saturated carbocycles. The van der Waals surface area contributed by atoms with Gasteiger partial charge in [0.1, 0.15) is 0 Å². The smallest absolute Gasteiger partial charge is 0.307 e. The maximum Gasteiger partial charge on any atom is 0.307 e. The number of rotatable bonds is 6. The number of carboxylic acids is 1. The van der Waals surface area contributed by atoms with Gasteiger partial charge in [-0.05, 0) is 51.0 Å². The molecule has 0 saturated heterocycles. The normalized spacial score (nSPS) is 19.0. The van der Waals surface area contributed by atoms with Crippen LogP contribution in [0, 0.1) is 25.7 Å². The van der Waals surface area contributed by atoms with E-state index >= 15 is 0 Å². The van der Waals surface area contributed by atoms with E-state index in [-0.39, 0.29) is 10.8 Å². The van der Waals surface area contributed by atoms with Crippen molar-refractivity contribution < 1.29 is 27.6 Å². The Balaban J connectivity index is 1.71. The number of benzene rings is 1. The molecule has 1 aliphatic carbocycles. The standard InChI is InChI=1S/C19H21N3O6S/c1-11-12(2)21-28-18(11)22-29(26,27)14-9-7-13(8-10-14)20-17(23)15-5-3-4-6-16(15)19(24)25/h3-4,7-10,15-16,22H,5-6H2,1-2H3,(H,20,23)(H,24,25)/t15-,16-/m1/s1. The van der Waals surface area contributed by atoms with Crippen molar-refractivity contribution in [1.29, 1.82) is 0 Å². The van der Waals surface area contributed by atoms with Crippen molar-refractivity contribution in [3.63, 3.8) is 0 Å². The lowest BCUT2D eigenvalue weighted by Gasteiger charge is -2.24. The minimum Gasteiger partial charge on any atom is -0.481 e. The zero-order chi connectivity index (χ0) is 21.2. The number of allylic oxidation sites excluding steroid dienone is 2. The summed E-state index contributed by atoms with van der Waals surface area (Å²) in [6.07, 6.45) is 4.19. The number of hydrogen-bond donors (Lipinski definition) is 3. The number of carbonyl (C=O) groups excluding carboxylic acids is 1. The number of hydrogen-bond acceptors (Lipinski definition) is 6. The topological polar surface area (TPSA) is 139 Å². The third-order valence-electron chi connectivity index (χ3n) is 4.90. The fraction of sp³-hybridized carbons (Fsp3) is 0.316. The molecule has 1 heterocycles. The van der Waals surface area contributed by atoms with E-state index in [9.17, 15) is 23.1 Å². The molecule has 0 radical (unpaired) electrons. The first-order valence-electron chi connectivity index (χ1n) is 8.93. The van der Waals surface area contributed by atoms with Gasteiger partial charge in [0.2, 0.25) is 11.8 Å². The molecule has 1 aromatic carbocycles. The highest BCUT2D eigenvalue weighted by molar-refractivity contribution is 7.92. The highest BCUT2D eigenvalue weighted by atomic mass is 32.2. The molecule has 1 aliphatic rings. The number of aryl methyl sites for hydroxylation is 1. The number of nitrogens with one attached hydrogen (secondary N) is 2. The van der Waals surface area contributed by atoms with Crippen molar-refractivity contribution in [3.05, 3.63) is 47.7 Å². The Morgan fingerprint density at radius 1 is 1.10 bits per heavy atom. The summed E-state index contributed by atoms with van der Waals surface area (Å²) >= 11 is 0. The van der Waals surface area contributed by atoms with Gasteiger partial charge in [-0.15, -0.1) is 0 Å². The average molecular weight is 419 g/mol. The molecule has 29 heavy (non-hydrogen) atoms. The maximum absolute atomic E-state index is 12.5. The Morgan fingerprint density at radius 2 is 1.72 bits per heavy atom. The summed E-state index contributed by atoms with van der Waals surface area (Å²) in [5.41, 5.74) is 1.55. The van der Waals surface area contributed by atoms with Gasteiger partial charge in [0.05, 0.1) is 22.4 Å². The number of sulfonamides is 1. The second-order valence-electron chi connectivity index (χ2n) is 6.84. The first kappa shape index (κ1) is 20.6. The summed E-state index contributed by atoms with van der Waals surface area (Å²) in [6.45, 7) is 3.39. The molecule has 2 aromatic rings. The average Bonchev–Trinajstić information content (AvgIpc) is 3.00. The van der Waals surface area contributed by atoms with Gasteiger partial charge in [-0.1, -0.05) is 17.3 Å². The van der Waals surface area contributed by atoms with E-state index in [2.05, 4.69) is 15.2 Å². The lowest BCUT2D eigenvalue weighted by atomic mass is 9.82. The lowest BCUT2D eigenvalue weighted by molar-refractivity contribution is -0.146. The predicted molar refractivity (Wildman–Crippen MR) is 105 cm³/mol. The molecule has 2 atom stereocenters. The molecule has 1 amide bonds. The first-order chi connectivity index (χ1) is 13.7. The zero-order valence-corrected chi connectivity index (χ0v) is 16.7. The summed E-state index contributed by atoms with van der Waals surface area (Å²) in [7, 11) is -3.89. The number of nitrogens with zero attached hydrogens (tertiary/aromatic N) is 1. The van der Waals surface area contributed by atoms with Crippen LogP contribution in [0.3, 0.4) is 0 Å². The van der Waals surface area contributed by atoms with Gasteiger partial charge in [0.15, 0.2) is 0 Å². The fourth-order valence-corrected chi connectivity index (χ4v) is 4.07. The highest BCUT2D eigenvalue weighted by Crippen LogP contribution is 2.28. The van der Waals surface area contributed by atoms with Crippen LogP contribution in [0.5, 0.6) is 0 Å². The lowest BCUT2D eigenvalue weighted by Crippen LogP contribution is -2.34. The SMILES string of the molecule is Cc1noc(NS(=O)(=O)c2ccc(NC(=O)[C@@H]3CC=CC[C@H]3C(=O)O)cc2)c1C. The van der Waals surface area contributed by atoms with E-state index in [0.717, 1.165) is 0 Å². The van der Waals surface area contributed by atoms with Crippen molar-refractivity contribution >= 4 is 33.5 Å². The van der Waals surface area contributed by atoms with Crippen LogP contribution in [-0.4, -0.2) is 30.6 Å². The third-order valence-corrected chi connectivity index (χ3v) is 6.25. The van der Waals surface area contributed by atoms with Crippen molar-refractivity contribution in [2.45, 2.75) is 31.6 Å². The van der Waals surface area contributed by atoms with E-state index in [1.54, 1.807) is 26.0 Å². The Morgan fingerprint density at radius 3 is 2.28 bits per heavy atom. The van der Waals surface area contributed by atoms with Crippen LogP contribution < -0.4 is 10.0 Å². The van der Waals surface area contributed by atoms with E-state index in [4.69, 9.17) is 4.52 Å². The Bertz CT molecular complexity index is 1060. The van der Waals surface area contributed by atoms with Crippen molar-refractivity contribution in [2.24, 2.45) is 11.8 Å². The van der Waals surface area contributed by atoms with Crippen LogP contribution in [0.15, 0.2) is 45.8 Å². The van der Waals surface area contributed by atoms with Crippen LogP contribution in [0.1, 0.15) is 24.1 Å². The minimum atomic E-state index is -3.89. The second-order valence-corrected chi connectivity index (χ2v) is 8.52. The van der Waals surface area contributed by atoms with Crippen LogP contribution in [-0.2, 0) is 19.6 Å². The summed E-state index contributed by atoms with van der Waals surface area (Å²) < 4.78 is 32.3. The van der Waals surface area contributed by atoms with Crippen LogP contribution in [0.4, 0.5) is 11.6 Å². The number of aromatic nitrogens is 1. The molecular formula is C19H21N3O6S. The molecule has 3 N–H and O–H groups in total. The Kier molecular flexibility index (Phi) is 5.73. The van der Waals surface area contributed by atoms with Gasteiger partial charge in [-0.25, -0.2) is 13.1 Å². The summed E-state index contributed by atoms with van der Waals surface area (Å²) in [6, 6.07) is 5.57. The molecule has 1 aromatic heterocycles. The quantitative estimate of drug-likeness (QED) is 0.612. The molecule has 0 spiro atoms. The maximum atomic E-state index is 12.5. The summed E-state index contributed by atoms with van der Waals surface area (Å²) in [5.74, 6) is -2.84. The zero-order valence-electron chi connectivity index (χ0n) is 15.9. The van der Waals surface area contributed by atoms with E-state index < -0.39 is 33.7 Å². The van der Waals surface area contributed by atoms with Gasteiger partial charge < -0.3 is 14.9 Å².